The van der Waals surface area contributed by atoms with Crippen LogP contribution in [0.15, 0.2) is 95.3 Å². The van der Waals surface area contributed by atoms with Gasteiger partial charge in [-0.05, 0) is 36.0 Å². The molecule has 0 atom stereocenters. The monoisotopic (exact) mass is 468 g/mol. The van der Waals surface area contributed by atoms with E-state index >= 15 is 0 Å². The molecule has 7 heteroatoms. The lowest BCUT2D eigenvalue weighted by molar-refractivity contribution is -0.0149. The van der Waals surface area contributed by atoms with Crippen LogP contribution in [0.1, 0.15) is 34.5 Å². The number of aromatic amines is 1. The third kappa shape index (κ3) is 4.31. The molecular formula is C28H28N4O3. The highest BCUT2D eigenvalue weighted by Gasteiger charge is 2.41. The van der Waals surface area contributed by atoms with E-state index in [1.165, 1.54) is 7.11 Å². The van der Waals surface area contributed by atoms with E-state index in [4.69, 9.17) is 4.74 Å². The summed E-state index contributed by atoms with van der Waals surface area (Å²) in [6.45, 7) is 1.29. The fraction of sp³-hybridized carbons (Fsp3) is 0.250. The summed E-state index contributed by atoms with van der Waals surface area (Å²) < 4.78 is 4.92. The SMILES string of the molecule is COC(=O)c1[nH]c2ccccc2c1N=NN1CCC(C(O)(c2ccccc2)c2ccccc2)CC1. The number of piperidine rings is 1. The normalized spacial score (nSPS) is 15.1. The molecule has 35 heavy (non-hydrogen) atoms. The number of H-pyrrole nitrogens is 1. The molecule has 1 aliphatic rings. The molecule has 1 aromatic heterocycles. The van der Waals surface area contributed by atoms with Crippen molar-refractivity contribution in [3.8, 4) is 0 Å². The summed E-state index contributed by atoms with van der Waals surface area (Å²) in [6, 6.07) is 27.3. The van der Waals surface area contributed by atoms with Crippen LogP contribution in [0.2, 0.25) is 0 Å². The fourth-order valence-corrected chi connectivity index (χ4v) is 4.98. The Bertz CT molecular complexity index is 1290. The Kier molecular flexibility index (Phi) is 6.33. The zero-order valence-electron chi connectivity index (χ0n) is 19.6. The van der Waals surface area contributed by atoms with Crippen LogP contribution in [0.3, 0.4) is 0 Å². The molecule has 1 saturated heterocycles. The number of rotatable bonds is 6. The first kappa shape index (κ1) is 22.8. The number of carbonyl (C=O) groups is 1. The number of benzene rings is 3. The Labute approximate surface area is 204 Å². The van der Waals surface area contributed by atoms with Gasteiger partial charge >= 0.3 is 5.97 Å². The average molecular weight is 469 g/mol. The maximum absolute atomic E-state index is 12.3. The van der Waals surface area contributed by atoms with E-state index in [1.54, 1.807) is 0 Å². The minimum absolute atomic E-state index is 0.0254. The lowest BCUT2D eigenvalue weighted by Gasteiger charge is -2.41. The molecule has 2 N–H and O–H groups in total. The van der Waals surface area contributed by atoms with Crippen LogP contribution >= 0.6 is 0 Å². The van der Waals surface area contributed by atoms with Crippen LogP contribution < -0.4 is 0 Å². The molecule has 5 rings (SSSR count). The second-order valence-corrected chi connectivity index (χ2v) is 8.80. The molecule has 0 spiro atoms. The predicted octanol–water partition coefficient (Wildman–Crippen LogP) is 5.60. The van der Waals surface area contributed by atoms with Crippen molar-refractivity contribution < 1.29 is 14.6 Å². The highest BCUT2D eigenvalue weighted by molar-refractivity contribution is 6.04. The molecule has 4 aromatic rings. The van der Waals surface area contributed by atoms with Crippen LogP contribution in [-0.4, -0.2) is 41.3 Å². The number of carbonyl (C=O) groups excluding carboxylic acids is 1. The van der Waals surface area contributed by atoms with Gasteiger partial charge in [-0.1, -0.05) is 84.1 Å². The van der Waals surface area contributed by atoms with Crippen LogP contribution in [0.5, 0.6) is 0 Å². The molecule has 1 aliphatic heterocycles. The quantitative estimate of drug-likeness (QED) is 0.285. The van der Waals surface area contributed by atoms with Crippen molar-refractivity contribution in [1.29, 1.82) is 0 Å². The highest BCUT2D eigenvalue weighted by atomic mass is 16.5. The molecule has 7 nitrogen and oxygen atoms in total. The molecule has 0 radical (unpaired) electrons. The van der Waals surface area contributed by atoms with Gasteiger partial charge in [0, 0.05) is 24.0 Å². The summed E-state index contributed by atoms with van der Waals surface area (Å²) >= 11 is 0. The van der Waals surface area contributed by atoms with E-state index in [9.17, 15) is 9.90 Å². The first-order valence-electron chi connectivity index (χ1n) is 11.8. The zero-order valence-corrected chi connectivity index (χ0v) is 19.6. The number of aliphatic hydroxyl groups is 1. The zero-order chi connectivity index (χ0) is 24.3. The average Bonchev–Trinajstić information content (AvgIpc) is 3.31. The fourth-order valence-electron chi connectivity index (χ4n) is 4.98. The summed E-state index contributed by atoms with van der Waals surface area (Å²) in [5.41, 5.74) is 2.27. The topological polar surface area (TPSA) is 90.3 Å². The predicted molar refractivity (Wildman–Crippen MR) is 134 cm³/mol. The smallest absolute Gasteiger partial charge is 0.356 e. The maximum Gasteiger partial charge on any atom is 0.356 e. The summed E-state index contributed by atoms with van der Waals surface area (Å²) in [4.78, 5) is 15.4. The molecule has 0 unspecified atom stereocenters. The minimum atomic E-state index is -1.08. The molecule has 0 bridgehead atoms. The van der Waals surface area contributed by atoms with Gasteiger partial charge in [-0.2, -0.15) is 0 Å². The third-order valence-electron chi connectivity index (χ3n) is 6.83. The van der Waals surface area contributed by atoms with Crippen LogP contribution in [0, 0.1) is 5.92 Å². The van der Waals surface area contributed by atoms with Crippen molar-refractivity contribution in [3.05, 3.63) is 102 Å². The van der Waals surface area contributed by atoms with E-state index in [0.717, 1.165) is 34.9 Å². The summed E-state index contributed by atoms with van der Waals surface area (Å²) in [5.74, 6) is -0.456. The van der Waals surface area contributed by atoms with Crippen molar-refractivity contribution >= 4 is 22.6 Å². The van der Waals surface area contributed by atoms with E-state index in [0.29, 0.717) is 18.8 Å². The van der Waals surface area contributed by atoms with Crippen molar-refractivity contribution in [2.24, 2.45) is 16.3 Å². The molecule has 2 heterocycles. The number of nitrogens with one attached hydrogen (secondary N) is 1. The number of fused-ring (bicyclic) bond motifs is 1. The standard InChI is InChI=1S/C28H28N4O3/c1-35-27(33)26-25(23-14-8-9-15-24(23)29-26)30-31-32-18-16-22(17-19-32)28(34,20-10-4-2-5-11-20)21-12-6-3-7-13-21/h2-15,22,29,34H,16-19H2,1H3. The van der Waals surface area contributed by atoms with Gasteiger partial charge in [-0.15, -0.1) is 5.11 Å². The van der Waals surface area contributed by atoms with E-state index in [1.807, 2.05) is 89.9 Å². The lowest BCUT2D eigenvalue weighted by atomic mass is 9.72. The lowest BCUT2D eigenvalue weighted by Crippen LogP contribution is -2.42. The van der Waals surface area contributed by atoms with Crippen molar-refractivity contribution in [1.82, 2.24) is 9.99 Å². The van der Waals surface area contributed by atoms with Gasteiger partial charge in [0.2, 0.25) is 0 Å². The number of ether oxygens (including phenoxy) is 1. The summed E-state index contributed by atoms with van der Waals surface area (Å²) in [7, 11) is 1.35. The largest absolute Gasteiger partial charge is 0.464 e. The Hall–Kier alpha value is -3.97. The molecule has 3 aromatic carbocycles. The number of para-hydroxylation sites is 1. The number of hydrogen-bond acceptors (Lipinski definition) is 5. The summed E-state index contributed by atoms with van der Waals surface area (Å²) in [5, 5.41) is 23.7. The van der Waals surface area contributed by atoms with Crippen molar-refractivity contribution in [3.63, 3.8) is 0 Å². The van der Waals surface area contributed by atoms with Crippen LogP contribution in [-0.2, 0) is 10.3 Å². The second kappa shape index (κ2) is 9.72. The van der Waals surface area contributed by atoms with Crippen molar-refractivity contribution in [2.45, 2.75) is 18.4 Å². The molecule has 0 aliphatic carbocycles. The van der Waals surface area contributed by atoms with E-state index in [-0.39, 0.29) is 11.6 Å². The second-order valence-electron chi connectivity index (χ2n) is 8.80. The number of nitrogens with zero attached hydrogens (tertiary/aromatic N) is 3. The number of esters is 1. The molecule has 1 fully saturated rings. The Morgan fingerprint density at radius 1 is 0.943 bits per heavy atom. The van der Waals surface area contributed by atoms with Gasteiger partial charge in [0.1, 0.15) is 11.3 Å². The first-order valence-corrected chi connectivity index (χ1v) is 11.8. The maximum atomic E-state index is 12.3. The Balaban J connectivity index is 1.38. The Morgan fingerprint density at radius 2 is 1.51 bits per heavy atom. The number of methoxy groups -OCH3 is 1. The molecule has 0 amide bonds. The molecular weight excluding hydrogens is 440 g/mol. The first-order chi connectivity index (χ1) is 17.1. The van der Waals surface area contributed by atoms with Crippen LogP contribution in [0.4, 0.5) is 5.69 Å². The van der Waals surface area contributed by atoms with Gasteiger partial charge in [-0.25, -0.2) is 4.79 Å². The van der Waals surface area contributed by atoms with Gasteiger partial charge < -0.3 is 14.8 Å². The van der Waals surface area contributed by atoms with E-state index < -0.39 is 11.6 Å². The Morgan fingerprint density at radius 3 is 2.11 bits per heavy atom. The highest BCUT2D eigenvalue weighted by Crippen LogP contribution is 2.42. The number of aromatic nitrogens is 1. The van der Waals surface area contributed by atoms with Crippen LogP contribution in [0.25, 0.3) is 10.9 Å². The summed E-state index contributed by atoms with van der Waals surface area (Å²) in [6.07, 6.45) is 1.49. The van der Waals surface area contributed by atoms with Gasteiger partial charge in [0.05, 0.1) is 7.11 Å². The van der Waals surface area contributed by atoms with Gasteiger partial charge in [-0.3, -0.25) is 5.01 Å². The van der Waals surface area contributed by atoms with Gasteiger partial charge in [0.15, 0.2) is 5.69 Å². The molecule has 178 valence electrons. The van der Waals surface area contributed by atoms with E-state index in [2.05, 4.69) is 15.3 Å². The number of hydrogen-bond donors (Lipinski definition) is 2. The minimum Gasteiger partial charge on any atom is -0.464 e. The third-order valence-corrected chi connectivity index (χ3v) is 6.83. The van der Waals surface area contributed by atoms with Crippen molar-refractivity contribution in [2.75, 3.05) is 20.2 Å². The molecule has 0 saturated carbocycles. The van der Waals surface area contributed by atoms with Gasteiger partial charge in [0.25, 0.3) is 0 Å².